The van der Waals surface area contributed by atoms with Gasteiger partial charge >= 0.3 is 0 Å². The quantitative estimate of drug-likeness (QED) is 0.370. The zero-order chi connectivity index (χ0) is 10.1. The van der Waals surface area contributed by atoms with Crippen molar-refractivity contribution in [3.05, 3.63) is 0 Å². The summed E-state index contributed by atoms with van der Waals surface area (Å²) in [6, 6.07) is 0. The largest absolute Gasteiger partial charge is 0.394 e. The molecular weight excluding hydrogens is 176 g/mol. The van der Waals surface area contributed by atoms with E-state index < -0.39 is 30.7 Å². The molecule has 1 rings (SSSR count). The first-order chi connectivity index (χ1) is 6.05. The van der Waals surface area contributed by atoms with Crippen molar-refractivity contribution < 1.29 is 25.2 Å². The molecule has 5 heteroatoms. The minimum absolute atomic E-state index is 0.234. The molecule has 0 aromatic heterocycles. The van der Waals surface area contributed by atoms with Crippen LogP contribution in [0.2, 0.25) is 0 Å². The Morgan fingerprint density at radius 3 is 2.46 bits per heavy atom. The highest BCUT2D eigenvalue weighted by molar-refractivity contribution is 5.02. The number of aliphatic hydroxyl groups is 4. The van der Waals surface area contributed by atoms with Crippen LogP contribution in [0.3, 0.4) is 0 Å². The molecule has 1 aliphatic rings. The fourth-order valence-corrected chi connectivity index (χ4v) is 1.31. The maximum absolute atomic E-state index is 9.55. The molecule has 0 radical (unpaired) electrons. The van der Waals surface area contributed by atoms with Gasteiger partial charge in [0.05, 0.1) is 13.0 Å². The van der Waals surface area contributed by atoms with Gasteiger partial charge in [0, 0.05) is 0 Å². The average molecular weight is 188 g/mol. The highest BCUT2D eigenvalue weighted by atomic mass is 16.7. The summed E-state index contributed by atoms with van der Waals surface area (Å²) in [7, 11) is 0. The lowest BCUT2D eigenvalue weighted by molar-refractivity contribution is -0.226. The number of aliphatic hydroxyl groups excluding tert-OH is 3. The second-order valence-electron chi connectivity index (χ2n) is 3.00. The molecule has 1 saturated heterocycles. The van der Waals surface area contributed by atoms with Gasteiger partial charge in [-0.05, 0) is 0 Å². The molecule has 74 valence electrons. The van der Waals surface area contributed by atoms with Gasteiger partial charge in [-0.15, -0.1) is 12.3 Å². The van der Waals surface area contributed by atoms with Crippen LogP contribution in [0.25, 0.3) is 0 Å². The summed E-state index contributed by atoms with van der Waals surface area (Å²) in [6.07, 6.45) is 0.914. The molecule has 13 heavy (non-hydrogen) atoms. The average Bonchev–Trinajstić information content (AvgIpc) is 2.31. The summed E-state index contributed by atoms with van der Waals surface area (Å²) in [5.41, 5.74) is 0. The van der Waals surface area contributed by atoms with Gasteiger partial charge in [0.2, 0.25) is 5.79 Å². The predicted molar refractivity (Wildman–Crippen MR) is 42.4 cm³/mol. The van der Waals surface area contributed by atoms with E-state index >= 15 is 0 Å². The van der Waals surface area contributed by atoms with Crippen molar-refractivity contribution in [3.8, 4) is 12.3 Å². The van der Waals surface area contributed by atoms with Crippen LogP contribution >= 0.6 is 0 Å². The first-order valence-electron chi connectivity index (χ1n) is 3.86. The lowest BCUT2D eigenvalue weighted by atomic mass is 10.0. The van der Waals surface area contributed by atoms with Crippen molar-refractivity contribution in [2.45, 2.75) is 30.5 Å². The van der Waals surface area contributed by atoms with E-state index in [1.807, 2.05) is 0 Å². The van der Waals surface area contributed by atoms with Crippen LogP contribution in [0.1, 0.15) is 6.42 Å². The van der Waals surface area contributed by atoms with Gasteiger partial charge in [0.15, 0.2) is 0 Å². The molecule has 1 heterocycles. The highest BCUT2D eigenvalue weighted by Crippen LogP contribution is 2.31. The summed E-state index contributed by atoms with van der Waals surface area (Å²) >= 11 is 0. The Morgan fingerprint density at radius 2 is 2.08 bits per heavy atom. The number of terminal acetylenes is 1. The van der Waals surface area contributed by atoms with Gasteiger partial charge in [-0.25, -0.2) is 0 Å². The van der Waals surface area contributed by atoms with E-state index in [1.54, 1.807) is 0 Å². The number of ether oxygens (including phenoxy) is 1. The summed E-state index contributed by atoms with van der Waals surface area (Å²) in [4.78, 5) is 0. The Morgan fingerprint density at radius 1 is 1.46 bits per heavy atom. The zero-order valence-corrected chi connectivity index (χ0v) is 6.92. The summed E-state index contributed by atoms with van der Waals surface area (Å²) < 4.78 is 4.83. The van der Waals surface area contributed by atoms with Gasteiger partial charge in [0.1, 0.15) is 18.3 Å². The van der Waals surface area contributed by atoms with E-state index in [1.165, 1.54) is 0 Å². The molecule has 0 aromatic rings. The maximum atomic E-state index is 9.55. The van der Waals surface area contributed by atoms with Crippen molar-refractivity contribution in [1.82, 2.24) is 0 Å². The Labute approximate surface area is 75.6 Å². The molecule has 0 aromatic carbocycles. The third kappa shape index (κ3) is 1.68. The highest BCUT2D eigenvalue weighted by Gasteiger charge is 2.52. The topological polar surface area (TPSA) is 90.2 Å². The first kappa shape index (κ1) is 10.4. The van der Waals surface area contributed by atoms with Gasteiger partial charge < -0.3 is 25.2 Å². The lowest BCUT2D eigenvalue weighted by Gasteiger charge is -2.23. The normalized spacial score (nSPS) is 44.7. The van der Waals surface area contributed by atoms with E-state index in [2.05, 4.69) is 5.92 Å². The molecular formula is C8H12O5. The lowest BCUT2D eigenvalue weighted by Crippen LogP contribution is -2.42. The number of hydrogen-bond donors (Lipinski definition) is 4. The van der Waals surface area contributed by atoms with E-state index in [9.17, 15) is 15.3 Å². The molecule has 4 N–H and O–H groups in total. The minimum Gasteiger partial charge on any atom is -0.394 e. The smallest absolute Gasteiger partial charge is 0.206 e. The van der Waals surface area contributed by atoms with Crippen LogP contribution in [0.15, 0.2) is 0 Å². The van der Waals surface area contributed by atoms with Gasteiger partial charge in [0.25, 0.3) is 0 Å². The molecule has 0 saturated carbocycles. The van der Waals surface area contributed by atoms with Crippen LogP contribution in [0, 0.1) is 12.3 Å². The van der Waals surface area contributed by atoms with Crippen molar-refractivity contribution in [1.29, 1.82) is 0 Å². The molecule has 5 nitrogen and oxygen atoms in total. The Hall–Kier alpha value is -0.640. The number of hydrogen-bond acceptors (Lipinski definition) is 5. The fourth-order valence-electron chi connectivity index (χ4n) is 1.31. The zero-order valence-electron chi connectivity index (χ0n) is 6.92. The third-order valence-corrected chi connectivity index (χ3v) is 2.06. The Kier molecular flexibility index (Phi) is 2.91. The van der Waals surface area contributed by atoms with Crippen molar-refractivity contribution in [3.63, 3.8) is 0 Å². The fraction of sp³-hybridized carbons (Fsp3) is 0.750. The molecule has 0 bridgehead atoms. The SMILES string of the molecule is C#CCC1(O)O[C@H](CO)[C@@H](O)[C@@H]1O. The van der Waals surface area contributed by atoms with Gasteiger partial charge in [-0.2, -0.15) is 0 Å². The Balaban J connectivity index is 2.76. The summed E-state index contributed by atoms with van der Waals surface area (Å²) in [5.74, 6) is 0.175. The third-order valence-electron chi connectivity index (χ3n) is 2.06. The molecule has 0 aliphatic carbocycles. The van der Waals surface area contributed by atoms with Gasteiger partial charge in [-0.1, -0.05) is 0 Å². The van der Waals surface area contributed by atoms with E-state index in [0.717, 1.165) is 0 Å². The second-order valence-corrected chi connectivity index (χ2v) is 3.00. The van der Waals surface area contributed by atoms with Crippen molar-refractivity contribution in [2.24, 2.45) is 0 Å². The van der Waals surface area contributed by atoms with E-state index in [4.69, 9.17) is 16.3 Å². The maximum Gasteiger partial charge on any atom is 0.206 e. The van der Waals surface area contributed by atoms with Crippen LogP contribution < -0.4 is 0 Å². The molecule has 1 fully saturated rings. The van der Waals surface area contributed by atoms with Crippen LogP contribution in [0.4, 0.5) is 0 Å². The molecule has 4 atom stereocenters. The van der Waals surface area contributed by atoms with Gasteiger partial charge in [-0.3, -0.25) is 0 Å². The molecule has 1 unspecified atom stereocenters. The molecule has 0 spiro atoms. The summed E-state index contributed by atoms with van der Waals surface area (Å²) in [5, 5.41) is 36.8. The van der Waals surface area contributed by atoms with Crippen LogP contribution in [-0.2, 0) is 4.74 Å². The van der Waals surface area contributed by atoms with Crippen LogP contribution in [-0.4, -0.2) is 51.1 Å². The standard InChI is InChI=1S/C8H12O5/c1-2-3-8(12)7(11)6(10)5(4-9)13-8/h1,5-7,9-12H,3-4H2/t5-,6-,7+,8?/m1/s1. The van der Waals surface area contributed by atoms with E-state index in [-0.39, 0.29) is 6.42 Å². The van der Waals surface area contributed by atoms with E-state index in [0.29, 0.717) is 0 Å². The van der Waals surface area contributed by atoms with Crippen molar-refractivity contribution in [2.75, 3.05) is 6.61 Å². The molecule has 0 amide bonds. The van der Waals surface area contributed by atoms with Crippen LogP contribution in [0.5, 0.6) is 0 Å². The number of rotatable bonds is 2. The van der Waals surface area contributed by atoms with Crippen molar-refractivity contribution >= 4 is 0 Å². The monoisotopic (exact) mass is 188 g/mol. The summed E-state index contributed by atoms with van der Waals surface area (Å²) in [6.45, 7) is -0.481. The molecule has 1 aliphatic heterocycles. The first-order valence-corrected chi connectivity index (χ1v) is 3.86. The minimum atomic E-state index is -1.94. The predicted octanol–water partition coefficient (Wildman–Crippen LogP) is -2.19. The second kappa shape index (κ2) is 3.62. The Bertz CT molecular complexity index is 223.